The zero-order chi connectivity index (χ0) is 25.5. The zero-order valence-electron chi connectivity index (χ0n) is 21.3. The van der Waals surface area contributed by atoms with Crippen LogP contribution in [0.3, 0.4) is 0 Å². The third-order valence-electron chi connectivity index (χ3n) is 5.70. The molecule has 8 nitrogen and oxygen atoms in total. The van der Waals surface area contributed by atoms with Crippen LogP contribution in [0.2, 0.25) is 0 Å². The Bertz CT molecular complexity index is 613. The molecule has 0 heterocycles. The number of aliphatic hydroxyl groups is 2. The first kappa shape index (κ1) is 33.0. The van der Waals surface area contributed by atoms with E-state index in [2.05, 4.69) is 24.4 Å². The smallest absolute Gasteiger partial charge is 0.267 e. The van der Waals surface area contributed by atoms with Crippen LogP contribution in [0.1, 0.15) is 96.8 Å². The van der Waals surface area contributed by atoms with Gasteiger partial charge in [0.25, 0.3) is 10.1 Å². The van der Waals surface area contributed by atoms with E-state index in [1.165, 1.54) is 57.8 Å². The topological polar surface area (TPSA) is 127 Å². The Balaban J connectivity index is 3.66. The third kappa shape index (κ3) is 24.1. The summed E-state index contributed by atoms with van der Waals surface area (Å²) >= 11 is 0. The lowest BCUT2D eigenvalue weighted by atomic mass is 10.1. The maximum absolute atomic E-state index is 12.0. The fourth-order valence-corrected chi connectivity index (χ4v) is 4.42. The van der Waals surface area contributed by atoms with Crippen molar-refractivity contribution in [1.29, 1.82) is 0 Å². The van der Waals surface area contributed by atoms with E-state index in [-0.39, 0.29) is 25.6 Å². The molecule has 202 valence electrons. The Labute approximate surface area is 207 Å². The highest BCUT2D eigenvalue weighted by molar-refractivity contribution is 7.85. The summed E-state index contributed by atoms with van der Waals surface area (Å²) in [7, 11) is -4.26. The molecular weight excluding hydrogens is 456 g/mol. The van der Waals surface area contributed by atoms with Gasteiger partial charge in [-0.3, -0.25) is 14.2 Å². The second kappa shape index (κ2) is 22.5. The lowest BCUT2D eigenvalue weighted by molar-refractivity contribution is -0.121. The van der Waals surface area contributed by atoms with Crippen molar-refractivity contribution in [1.82, 2.24) is 10.2 Å². The van der Waals surface area contributed by atoms with Gasteiger partial charge in [0.2, 0.25) is 5.91 Å². The monoisotopic (exact) mass is 506 g/mol. The van der Waals surface area contributed by atoms with Crippen LogP contribution < -0.4 is 5.32 Å². The maximum atomic E-state index is 12.0. The average Bonchev–Trinajstić information content (AvgIpc) is 2.75. The Morgan fingerprint density at radius 3 is 2.03 bits per heavy atom. The second-order valence-electron chi connectivity index (χ2n) is 9.11. The van der Waals surface area contributed by atoms with Gasteiger partial charge in [0.15, 0.2) is 0 Å². The third-order valence-corrected chi connectivity index (χ3v) is 6.51. The quantitative estimate of drug-likeness (QED) is 0.0893. The number of hydrogen-bond donors (Lipinski definition) is 4. The largest absolute Gasteiger partial charge is 0.395 e. The van der Waals surface area contributed by atoms with Crippen molar-refractivity contribution in [2.24, 2.45) is 0 Å². The summed E-state index contributed by atoms with van der Waals surface area (Å²) in [6.45, 7) is 3.05. The summed E-state index contributed by atoms with van der Waals surface area (Å²) in [5.74, 6) is -0.781. The van der Waals surface area contributed by atoms with E-state index < -0.39 is 22.0 Å². The Kier molecular flexibility index (Phi) is 21.8. The first-order valence-corrected chi connectivity index (χ1v) is 14.8. The molecule has 0 aromatic rings. The van der Waals surface area contributed by atoms with Crippen LogP contribution in [0, 0.1) is 0 Å². The zero-order valence-corrected chi connectivity index (χ0v) is 22.1. The Hall–Kier alpha value is -1.00. The van der Waals surface area contributed by atoms with E-state index in [1.807, 2.05) is 0 Å². The molecule has 0 bridgehead atoms. The van der Waals surface area contributed by atoms with E-state index >= 15 is 0 Å². The van der Waals surface area contributed by atoms with Crippen molar-refractivity contribution in [3.05, 3.63) is 12.2 Å². The van der Waals surface area contributed by atoms with Gasteiger partial charge in [0.05, 0.1) is 12.7 Å². The molecule has 0 aliphatic carbocycles. The standard InChI is InChI=1S/C25H50N2O6S/c1-2-3-4-5-6-7-8-9-10-11-12-13-14-15-16-17-25(30)26-18-19-27(20-21-28)22-24(29)23-34(31,32)33/h9-10,24,28-29H,2-8,11-23H2,1H3,(H,26,30)(H,31,32,33)/b10-9+/t24-/m1/s1. The molecule has 0 fully saturated rings. The number of hydrogen-bond acceptors (Lipinski definition) is 6. The first-order chi connectivity index (χ1) is 16.3. The fraction of sp³-hybridized carbons (Fsp3) is 0.880. The lowest BCUT2D eigenvalue weighted by Crippen LogP contribution is -2.42. The minimum atomic E-state index is -4.26. The van der Waals surface area contributed by atoms with Crippen LogP contribution in [-0.4, -0.2) is 78.6 Å². The highest BCUT2D eigenvalue weighted by Gasteiger charge is 2.17. The van der Waals surface area contributed by atoms with Crippen LogP contribution in [0.4, 0.5) is 0 Å². The summed E-state index contributed by atoms with van der Waals surface area (Å²) < 4.78 is 30.5. The van der Waals surface area contributed by atoms with Crippen molar-refractivity contribution < 1.29 is 28.0 Å². The molecule has 0 aromatic heterocycles. The van der Waals surface area contributed by atoms with Crippen molar-refractivity contribution in [3.8, 4) is 0 Å². The summed E-state index contributed by atoms with van der Waals surface area (Å²) in [6.07, 6.45) is 19.6. The minimum absolute atomic E-state index is 0.00947. The molecule has 4 N–H and O–H groups in total. The van der Waals surface area contributed by atoms with Gasteiger partial charge in [-0.15, -0.1) is 0 Å². The van der Waals surface area contributed by atoms with Crippen LogP contribution in [0.15, 0.2) is 12.2 Å². The van der Waals surface area contributed by atoms with Crippen molar-refractivity contribution in [3.63, 3.8) is 0 Å². The summed E-state index contributed by atoms with van der Waals surface area (Å²) in [5, 5.41) is 21.7. The molecule has 0 radical (unpaired) electrons. The van der Waals surface area contributed by atoms with Crippen molar-refractivity contribution in [2.75, 3.05) is 38.5 Å². The summed E-state index contributed by atoms with van der Waals surface area (Å²) in [5.41, 5.74) is 0. The average molecular weight is 507 g/mol. The van der Waals surface area contributed by atoms with Gasteiger partial charge in [-0.2, -0.15) is 8.42 Å². The molecule has 0 rings (SSSR count). The number of unbranched alkanes of at least 4 members (excludes halogenated alkanes) is 11. The molecule has 0 aliphatic rings. The molecule has 1 amide bonds. The molecule has 1 atom stereocenters. The van der Waals surface area contributed by atoms with Gasteiger partial charge in [-0.05, 0) is 32.1 Å². The van der Waals surface area contributed by atoms with Gasteiger partial charge in [0, 0.05) is 32.6 Å². The van der Waals surface area contributed by atoms with Crippen LogP contribution in [-0.2, 0) is 14.9 Å². The molecule has 0 unspecified atom stereocenters. The number of aliphatic hydroxyl groups excluding tert-OH is 2. The van der Waals surface area contributed by atoms with Crippen molar-refractivity contribution in [2.45, 2.75) is 103 Å². The number of nitrogens with zero attached hydrogens (tertiary/aromatic N) is 1. The van der Waals surface area contributed by atoms with Crippen LogP contribution in [0.5, 0.6) is 0 Å². The molecular formula is C25H50N2O6S. The molecule has 34 heavy (non-hydrogen) atoms. The molecule has 0 spiro atoms. The lowest BCUT2D eigenvalue weighted by Gasteiger charge is -2.23. The predicted molar refractivity (Wildman–Crippen MR) is 138 cm³/mol. The summed E-state index contributed by atoms with van der Waals surface area (Å²) in [6, 6.07) is 0. The van der Waals surface area contributed by atoms with Gasteiger partial charge >= 0.3 is 0 Å². The Morgan fingerprint density at radius 1 is 0.912 bits per heavy atom. The highest BCUT2D eigenvalue weighted by atomic mass is 32.2. The van der Waals surface area contributed by atoms with E-state index in [4.69, 9.17) is 9.66 Å². The number of rotatable bonds is 24. The van der Waals surface area contributed by atoms with E-state index in [0.717, 1.165) is 25.7 Å². The van der Waals surface area contributed by atoms with Crippen LogP contribution >= 0.6 is 0 Å². The predicted octanol–water partition coefficient (Wildman–Crippen LogP) is 3.68. The number of allylic oxidation sites excluding steroid dienone is 2. The minimum Gasteiger partial charge on any atom is -0.395 e. The van der Waals surface area contributed by atoms with E-state index in [9.17, 15) is 18.3 Å². The maximum Gasteiger partial charge on any atom is 0.267 e. The molecule has 0 aromatic carbocycles. The molecule has 0 saturated heterocycles. The fourth-order valence-electron chi connectivity index (χ4n) is 3.83. The van der Waals surface area contributed by atoms with Gasteiger partial charge in [0.1, 0.15) is 5.75 Å². The van der Waals surface area contributed by atoms with Gasteiger partial charge in [-0.25, -0.2) is 0 Å². The molecule has 9 heteroatoms. The van der Waals surface area contributed by atoms with Gasteiger partial charge < -0.3 is 15.5 Å². The number of amides is 1. The van der Waals surface area contributed by atoms with Crippen molar-refractivity contribution >= 4 is 16.0 Å². The number of nitrogens with one attached hydrogen (secondary N) is 1. The van der Waals surface area contributed by atoms with E-state index in [0.29, 0.717) is 19.5 Å². The molecule has 0 aliphatic heterocycles. The number of carbonyl (C=O) groups excluding carboxylic acids is 1. The summed E-state index contributed by atoms with van der Waals surface area (Å²) in [4.78, 5) is 13.6. The number of carbonyl (C=O) groups is 1. The second-order valence-corrected chi connectivity index (χ2v) is 10.6. The normalized spacial score (nSPS) is 13.1. The van der Waals surface area contributed by atoms with Crippen LogP contribution in [0.25, 0.3) is 0 Å². The highest BCUT2D eigenvalue weighted by Crippen LogP contribution is 2.10. The van der Waals surface area contributed by atoms with E-state index in [1.54, 1.807) is 4.90 Å². The molecule has 0 saturated carbocycles. The van der Waals surface area contributed by atoms with Gasteiger partial charge in [-0.1, -0.05) is 70.4 Å². The Morgan fingerprint density at radius 2 is 1.47 bits per heavy atom. The first-order valence-electron chi connectivity index (χ1n) is 13.2. The SMILES string of the molecule is CCCCCCCC/C=C/CCCCCCCC(=O)NCCN(CCO)C[C@@H](O)CS(=O)(=O)O.